The van der Waals surface area contributed by atoms with Gasteiger partial charge in [-0.15, -0.1) is 5.10 Å². The van der Waals surface area contributed by atoms with Gasteiger partial charge in [0.1, 0.15) is 0 Å². The molecule has 0 unspecified atom stereocenters. The molecule has 1 amide bonds. The summed E-state index contributed by atoms with van der Waals surface area (Å²) in [6, 6.07) is 8.27. The summed E-state index contributed by atoms with van der Waals surface area (Å²) < 4.78 is 1.92. The van der Waals surface area contributed by atoms with Crippen molar-refractivity contribution >= 4 is 11.6 Å². The van der Waals surface area contributed by atoms with Crippen molar-refractivity contribution in [2.24, 2.45) is 0 Å². The predicted octanol–water partition coefficient (Wildman–Crippen LogP) is 1.86. The molecule has 2 aromatic rings. The summed E-state index contributed by atoms with van der Waals surface area (Å²) in [5.74, 6) is 0.0461. The molecule has 0 spiro atoms. The Morgan fingerprint density at radius 1 is 1.36 bits per heavy atom. The van der Waals surface area contributed by atoms with E-state index in [0.717, 1.165) is 37.2 Å². The third-order valence-electron chi connectivity index (χ3n) is 4.04. The number of likely N-dealkylation sites (tertiary alicyclic amines) is 1. The van der Waals surface area contributed by atoms with E-state index in [1.165, 1.54) is 0 Å². The van der Waals surface area contributed by atoms with Crippen molar-refractivity contribution in [1.82, 2.24) is 19.9 Å². The van der Waals surface area contributed by atoms with Gasteiger partial charge in [0.05, 0.1) is 18.8 Å². The minimum absolute atomic E-state index is 0.0461. The van der Waals surface area contributed by atoms with E-state index in [4.69, 9.17) is 0 Å². The Bertz CT molecular complexity index is 617. The Morgan fingerprint density at radius 2 is 2.18 bits per heavy atom. The van der Waals surface area contributed by atoms with Gasteiger partial charge >= 0.3 is 0 Å². The molecule has 116 valence electrons. The quantitative estimate of drug-likeness (QED) is 0.936. The number of benzene rings is 1. The number of hydrogen-bond donors (Lipinski definition) is 1. The molecule has 1 aliphatic rings. The molecule has 6 heteroatoms. The van der Waals surface area contributed by atoms with Crippen LogP contribution in [-0.2, 0) is 4.79 Å². The van der Waals surface area contributed by atoms with E-state index in [1.807, 2.05) is 42.1 Å². The number of aryl methyl sites for hydroxylation is 1. The Balaban J connectivity index is 1.47. The molecule has 3 rings (SSSR count). The Labute approximate surface area is 130 Å². The van der Waals surface area contributed by atoms with Crippen molar-refractivity contribution in [1.29, 1.82) is 0 Å². The monoisotopic (exact) mass is 299 g/mol. The van der Waals surface area contributed by atoms with Gasteiger partial charge < -0.3 is 5.32 Å². The second kappa shape index (κ2) is 6.70. The minimum Gasteiger partial charge on any atom is -0.325 e. The lowest BCUT2D eigenvalue weighted by molar-refractivity contribution is -0.117. The number of nitrogens with zero attached hydrogens (tertiary/aromatic N) is 4. The topological polar surface area (TPSA) is 63.1 Å². The number of piperidine rings is 1. The van der Waals surface area contributed by atoms with E-state index in [9.17, 15) is 4.79 Å². The van der Waals surface area contributed by atoms with Crippen molar-refractivity contribution in [3.8, 4) is 0 Å². The molecule has 1 aromatic heterocycles. The summed E-state index contributed by atoms with van der Waals surface area (Å²) in [6.07, 6.45) is 5.62. The van der Waals surface area contributed by atoms with Gasteiger partial charge in [0.2, 0.25) is 5.91 Å². The lowest BCUT2D eigenvalue weighted by Gasteiger charge is -2.31. The van der Waals surface area contributed by atoms with Gasteiger partial charge in [0.15, 0.2) is 0 Å². The fourth-order valence-corrected chi connectivity index (χ4v) is 2.88. The highest BCUT2D eigenvalue weighted by molar-refractivity contribution is 5.92. The fourth-order valence-electron chi connectivity index (χ4n) is 2.88. The molecular weight excluding hydrogens is 278 g/mol. The van der Waals surface area contributed by atoms with E-state index in [1.54, 1.807) is 6.20 Å². The largest absolute Gasteiger partial charge is 0.325 e. The first kappa shape index (κ1) is 14.7. The van der Waals surface area contributed by atoms with E-state index < -0.39 is 0 Å². The van der Waals surface area contributed by atoms with Crippen LogP contribution in [-0.4, -0.2) is 45.4 Å². The molecule has 0 atom stereocenters. The zero-order valence-corrected chi connectivity index (χ0v) is 12.8. The van der Waals surface area contributed by atoms with Gasteiger partial charge in [-0.2, -0.15) is 0 Å². The Kier molecular flexibility index (Phi) is 4.48. The first-order valence-corrected chi connectivity index (χ1v) is 7.65. The fraction of sp³-hybridized carbons (Fsp3) is 0.438. The molecule has 1 saturated heterocycles. The normalized spacial score (nSPS) is 16.6. The van der Waals surface area contributed by atoms with Gasteiger partial charge in [-0.3, -0.25) is 9.69 Å². The first-order valence-electron chi connectivity index (χ1n) is 7.65. The average molecular weight is 299 g/mol. The van der Waals surface area contributed by atoms with Crippen LogP contribution in [0.5, 0.6) is 0 Å². The smallest absolute Gasteiger partial charge is 0.238 e. The van der Waals surface area contributed by atoms with Crippen molar-refractivity contribution in [3.05, 3.63) is 42.2 Å². The van der Waals surface area contributed by atoms with Crippen LogP contribution in [0, 0.1) is 6.92 Å². The highest BCUT2D eigenvalue weighted by Gasteiger charge is 2.22. The number of rotatable bonds is 4. The van der Waals surface area contributed by atoms with E-state index in [-0.39, 0.29) is 5.91 Å². The number of nitrogens with one attached hydrogen (secondary N) is 1. The van der Waals surface area contributed by atoms with Crippen molar-refractivity contribution in [2.75, 3.05) is 25.0 Å². The maximum absolute atomic E-state index is 12.1. The first-order chi connectivity index (χ1) is 10.7. The molecule has 0 aliphatic carbocycles. The van der Waals surface area contributed by atoms with Crippen molar-refractivity contribution in [2.45, 2.75) is 25.8 Å². The molecule has 0 bridgehead atoms. The van der Waals surface area contributed by atoms with Gasteiger partial charge in [0, 0.05) is 25.0 Å². The summed E-state index contributed by atoms with van der Waals surface area (Å²) in [5, 5.41) is 10.9. The summed E-state index contributed by atoms with van der Waals surface area (Å²) in [7, 11) is 0. The highest BCUT2D eigenvalue weighted by atomic mass is 16.2. The van der Waals surface area contributed by atoms with Gasteiger partial charge in [-0.25, -0.2) is 4.68 Å². The maximum Gasteiger partial charge on any atom is 0.238 e. The second-order valence-corrected chi connectivity index (χ2v) is 5.81. The van der Waals surface area contributed by atoms with Gasteiger partial charge in [0.25, 0.3) is 0 Å². The van der Waals surface area contributed by atoms with Crippen LogP contribution >= 0.6 is 0 Å². The number of hydrogen-bond acceptors (Lipinski definition) is 4. The lowest BCUT2D eigenvalue weighted by Crippen LogP contribution is -2.39. The van der Waals surface area contributed by atoms with Crippen LogP contribution in [0.1, 0.15) is 24.4 Å². The van der Waals surface area contributed by atoms with E-state index >= 15 is 0 Å². The Morgan fingerprint density at radius 3 is 2.86 bits per heavy atom. The second-order valence-electron chi connectivity index (χ2n) is 5.81. The average Bonchev–Trinajstić information content (AvgIpc) is 3.02. The van der Waals surface area contributed by atoms with Crippen molar-refractivity contribution in [3.63, 3.8) is 0 Å². The number of carbonyl (C=O) groups is 1. The van der Waals surface area contributed by atoms with Gasteiger partial charge in [-0.1, -0.05) is 17.3 Å². The molecule has 1 aromatic carbocycles. The van der Waals surface area contributed by atoms with Crippen LogP contribution in [0.15, 0.2) is 36.7 Å². The van der Waals surface area contributed by atoms with Crippen LogP contribution in [0.4, 0.5) is 5.69 Å². The minimum atomic E-state index is 0.0461. The number of amides is 1. The third-order valence-corrected chi connectivity index (χ3v) is 4.04. The standard InChI is InChI=1S/C16H21N5O/c1-13-3-2-4-14(11-13)18-16(22)12-20-8-5-15(6-9-20)21-10-7-17-19-21/h2-4,7,10-11,15H,5-6,8-9,12H2,1H3,(H,18,22). The molecule has 2 heterocycles. The molecule has 0 radical (unpaired) electrons. The summed E-state index contributed by atoms with van der Waals surface area (Å²) in [5.41, 5.74) is 2.01. The predicted molar refractivity (Wildman–Crippen MR) is 84.5 cm³/mol. The molecule has 0 saturated carbocycles. The van der Waals surface area contributed by atoms with Gasteiger partial charge in [-0.05, 0) is 37.5 Å². The SMILES string of the molecule is Cc1cccc(NC(=O)CN2CCC(n3ccnn3)CC2)c1. The molecule has 6 nitrogen and oxygen atoms in total. The Hall–Kier alpha value is -2.21. The summed E-state index contributed by atoms with van der Waals surface area (Å²) in [4.78, 5) is 14.3. The maximum atomic E-state index is 12.1. The van der Waals surface area contributed by atoms with Crippen LogP contribution in [0.25, 0.3) is 0 Å². The third kappa shape index (κ3) is 3.71. The zero-order valence-electron chi connectivity index (χ0n) is 12.8. The molecule has 1 aliphatic heterocycles. The number of carbonyl (C=O) groups excluding carboxylic acids is 1. The number of aromatic nitrogens is 3. The molecule has 1 N–H and O–H groups in total. The molecule has 1 fully saturated rings. The van der Waals surface area contributed by atoms with Crippen LogP contribution in [0.2, 0.25) is 0 Å². The lowest BCUT2D eigenvalue weighted by atomic mass is 10.1. The van der Waals surface area contributed by atoms with Crippen LogP contribution in [0.3, 0.4) is 0 Å². The van der Waals surface area contributed by atoms with Crippen LogP contribution < -0.4 is 5.32 Å². The molecule has 22 heavy (non-hydrogen) atoms. The van der Waals surface area contributed by atoms with Crippen molar-refractivity contribution < 1.29 is 4.79 Å². The molecular formula is C16H21N5O. The summed E-state index contributed by atoms with van der Waals surface area (Å²) in [6.45, 7) is 4.28. The highest BCUT2D eigenvalue weighted by Crippen LogP contribution is 2.21. The van der Waals surface area contributed by atoms with E-state index in [0.29, 0.717) is 12.6 Å². The van der Waals surface area contributed by atoms with E-state index in [2.05, 4.69) is 20.5 Å². The number of anilines is 1. The zero-order chi connectivity index (χ0) is 15.4. The summed E-state index contributed by atoms with van der Waals surface area (Å²) >= 11 is 0.